The molecule has 186 valence electrons. The van der Waals surface area contributed by atoms with Gasteiger partial charge in [-0.3, -0.25) is 4.99 Å². The molecule has 0 saturated carbocycles. The topological polar surface area (TPSA) is 12.4 Å². The Morgan fingerprint density at radius 1 is 1.12 bits per heavy atom. The van der Waals surface area contributed by atoms with Crippen molar-refractivity contribution in [2.45, 2.75) is 113 Å². The average molecular weight is 564 g/mol. The molecule has 1 aromatic rings. The van der Waals surface area contributed by atoms with Crippen LogP contribution in [0, 0.1) is 14.9 Å². The Labute approximate surface area is 219 Å². The zero-order chi connectivity index (χ0) is 25.0. The number of aryl methyl sites for hydroxylation is 1. The fourth-order valence-electron chi connectivity index (χ4n) is 4.91. The standard InChI is InChI=1S/C31H50IN/c1-10-27(25(6)22-31(7,8)9)15-13-14-26-19-29(21-30(32)20-26)24(5)18-28(11-2)23(4)16-17-33-12-3/h10,17,19-21,24-25H,11-16,18,22H2,1-9H3/b27-10-,28-23-,33-17?. The molecule has 0 amide bonds. The van der Waals surface area contributed by atoms with Gasteiger partial charge < -0.3 is 0 Å². The van der Waals surface area contributed by atoms with Crippen molar-refractivity contribution >= 4 is 28.8 Å². The molecule has 1 aromatic carbocycles. The minimum atomic E-state index is 0.390. The highest BCUT2D eigenvalue weighted by Crippen LogP contribution is 2.32. The number of benzene rings is 1. The van der Waals surface area contributed by atoms with Gasteiger partial charge in [-0.2, -0.15) is 0 Å². The van der Waals surface area contributed by atoms with E-state index in [1.807, 2.05) is 0 Å². The lowest BCUT2D eigenvalue weighted by atomic mass is 9.80. The first-order chi connectivity index (χ1) is 15.5. The maximum absolute atomic E-state index is 4.40. The van der Waals surface area contributed by atoms with E-state index in [2.05, 4.69) is 120 Å². The molecule has 2 heteroatoms. The van der Waals surface area contributed by atoms with Crippen LogP contribution in [-0.4, -0.2) is 12.8 Å². The zero-order valence-electron chi connectivity index (χ0n) is 23.0. The maximum Gasteiger partial charge on any atom is 0.0357 e. The normalized spacial score (nSPS) is 15.6. The Balaban J connectivity index is 2.83. The second kappa shape index (κ2) is 15.2. The molecular formula is C31H50IN. The molecule has 33 heavy (non-hydrogen) atoms. The Morgan fingerprint density at radius 2 is 1.82 bits per heavy atom. The van der Waals surface area contributed by atoms with Gasteiger partial charge in [0.05, 0.1) is 0 Å². The van der Waals surface area contributed by atoms with Crippen molar-refractivity contribution < 1.29 is 0 Å². The highest BCUT2D eigenvalue weighted by molar-refractivity contribution is 14.1. The molecule has 0 aliphatic rings. The van der Waals surface area contributed by atoms with Gasteiger partial charge in [-0.25, -0.2) is 0 Å². The molecule has 2 unspecified atom stereocenters. The van der Waals surface area contributed by atoms with Gasteiger partial charge in [0.1, 0.15) is 0 Å². The van der Waals surface area contributed by atoms with Crippen molar-refractivity contribution in [3.05, 3.63) is 55.7 Å². The molecule has 0 aromatic heterocycles. The summed E-state index contributed by atoms with van der Waals surface area (Å²) in [5.74, 6) is 1.22. The Morgan fingerprint density at radius 3 is 2.39 bits per heavy atom. The van der Waals surface area contributed by atoms with Crippen LogP contribution >= 0.6 is 22.6 Å². The minimum absolute atomic E-state index is 0.390. The van der Waals surface area contributed by atoms with Gasteiger partial charge in [-0.05, 0) is 122 Å². The summed E-state index contributed by atoms with van der Waals surface area (Å²) in [4.78, 5) is 4.40. The number of hydrogen-bond acceptors (Lipinski definition) is 1. The first kappa shape index (κ1) is 30.1. The molecule has 0 bridgehead atoms. The smallest absolute Gasteiger partial charge is 0.0357 e. The number of rotatable bonds is 13. The summed E-state index contributed by atoms with van der Waals surface area (Å²) in [5, 5.41) is 0. The molecule has 0 N–H and O–H groups in total. The van der Waals surface area contributed by atoms with Crippen LogP contribution in [-0.2, 0) is 6.42 Å². The van der Waals surface area contributed by atoms with E-state index >= 15 is 0 Å². The summed E-state index contributed by atoms with van der Waals surface area (Å²) >= 11 is 2.50. The molecular weight excluding hydrogens is 513 g/mol. The predicted octanol–water partition coefficient (Wildman–Crippen LogP) is 10.3. The monoisotopic (exact) mass is 563 g/mol. The second-order valence-corrected chi connectivity index (χ2v) is 12.2. The van der Waals surface area contributed by atoms with Crippen molar-refractivity contribution in [3.8, 4) is 0 Å². The van der Waals surface area contributed by atoms with Crippen LogP contribution in [0.2, 0.25) is 0 Å². The molecule has 2 atom stereocenters. The van der Waals surface area contributed by atoms with Crippen molar-refractivity contribution in [2.75, 3.05) is 6.54 Å². The van der Waals surface area contributed by atoms with Crippen LogP contribution in [0.4, 0.5) is 0 Å². The molecule has 0 heterocycles. The third-order valence-electron chi connectivity index (χ3n) is 6.69. The fraction of sp³-hybridized carbons (Fsp3) is 0.645. The zero-order valence-corrected chi connectivity index (χ0v) is 25.2. The summed E-state index contributed by atoms with van der Waals surface area (Å²) in [5.41, 5.74) is 8.10. The number of nitrogens with zero attached hydrogens (tertiary/aromatic N) is 1. The molecule has 0 spiro atoms. The Hall–Kier alpha value is -0.900. The van der Waals surface area contributed by atoms with Gasteiger partial charge in [-0.15, -0.1) is 0 Å². The van der Waals surface area contributed by atoms with Gasteiger partial charge in [0.2, 0.25) is 0 Å². The van der Waals surface area contributed by atoms with Gasteiger partial charge in [0.15, 0.2) is 0 Å². The molecule has 0 saturated heterocycles. The van der Waals surface area contributed by atoms with Crippen LogP contribution in [0.25, 0.3) is 0 Å². The number of allylic oxidation sites excluding steroid dienone is 4. The lowest BCUT2D eigenvalue weighted by Gasteiger charge is -2.25. The van der Waals surface area contributed by atoms with E-state index in [1.54, 1.807) is 11.1 Å². The predicted molar refractivity (Wildman–Crippen MR) is 159 cm³/mol. The number of halogens is 1. The van der Waals surface area contributed by atoms with E-state index in [9.17, 15) is 0 Å². The lowest BCUT2D eigenvalue weighted by molar-refractivity contribution is 0.325. The quantitative estimate of drug-likeness (QED) is 0.129. The second-order valence-electron chi connectivity index (χ2n) is 11.0. The van der Waals surface area contributed by atoms with E-state index in [1.165, 1.54) is 46.0 Å². The van der Waals surface area contributed by atoms with E-state index in [-0.39, 0.29) is 0 Å². The molecule has 1 rings (SSSR count). The maximum atomic E-state index is 4.40. The van der Waals surface area contributed by atoms with Gasteiger partial charge >= 0.3 is 0 Å². The van der Waals surface area contributed by atoms with Gasteiger partial charge in [0, 0.05) is 22.8 Å². The number of aliphatic imine (C=N–C) groups is 1. The summed E-state index contributed by atoms with van der Waals surface area (Å²) < 4.78 is 1.37. The van der Waals surface area contributed by atoms with E-state index in [0.717, 1.165) is 25.8 Å². The summed E-state index contributed by atoms with van der Waals surface area (Å²) in [6, 6.07) is 7.24. The van der Waals surface area contributed by atoms with Crippen molar-refractivity contribution in [2.24, 2.45) is 16.3 Å². The van der Waals surface area contributed by atoms with E-state index < -0.39 is 0 Å². The summed E-state index contributed by atoms with van der Waals surface area (Å²) in [6.07, 6.45) is 12.6. The highest BCUT2D eigenvalue weighted by atomic mass is 127. The first-order valence-electron chi connectivity index (χ1n) is 13.1. The third-order valence-corrected chi connectivity index (χ3v) is 7.32. The molecule has 0 aliphatic heterocycles. The van der Waals surface area contributed by atoms with Crippen molar-refractivity contribution in [3.63, 3.8) is 0 Å². The van der Waals surface area contributed by atoms with Gasteiger partial charge in [0.25, 0.3) is 0 Å². The minimum Gasteiger partial charge on any atom is -0.297 e. The Kier molecular flexibility index (Phi) is 13.8. The van der Waals surface area contributed by atoms with E-state index in [0.29, 0.717) is 17.3 Å². The first-order valence-corrected chi connectivity index (χ1v) is 14.2. The third kappa shape index (κ3) is 11.9. The molecule has 1 nitrogen and oxygen atoms in total. The van der Waals surface area contributed by atoms with Crippen LogP contribution in [0.15, 0.2) is 46.0 Å². The lowest BCUT2D eigenvalue weighted by Crippen LogP contribution is -2.13. The van der Waals surface area contributed by atoms with Crippen LogP contribution < -0.4 is 0 Å². The highest BCUT2D eigenvalue weighted by Gasteiger charge is 2.18. The SMILES string of the molecule is C/C=C(/CCCc1cc(I)cc(C(C)C/C(CC)=C(/C)CC=NCC)c1)C(C)CC(C)(C)C. The van der Waals surface area contributed by atoms with Crippen LogP contribution in [0.3, 0.4) is 0 Å². The average Bonchev–Trinajstić information content (AvgIpc) is 2.73. The fourth-order valence-corrected chi connectivity index (χ4v) is 5.67. The van der Waals surface area contributed by atoms with Crippen molar-refractivity contribution in [1.29, 1.82) is 0 Å². The summed E-state index contributed by atoms with van der Waals surface area (Å²) in [6.45, 7) is 21.6. The largest absolute Gasteiger partial charge is 0.297 e. The van der Waals surface area contributed by atoms with Crippen molar-refractivity contribution in [1.82, 2.24) is 0 Å². The molecule has 0 aliphatic carbocycles. The van der Waals surface area contributed by atoms with E-state index in [4.69, 9.17) is 0 Å². The molecule has 0 fully saturated rings. The van der Waals surface area contributed by atoms with Gasteiger partial charge in [-0.1, -0.05) is 70.4 Å². The summed E-state index contributed by atoms with van der Waals surface area (Å²) in [7, 11) is 0. The van der Waals surface area contributed by atoms with Crippen LogP contribution in [0.5, 0.6) is 0 Å². The number of hydrogen-bond donors (Lipinski definition) is 0. The Bertz CT molecular complexity index is 807. The molecule has 0 radical (unpaired) electrons. The van der Waals surface area contributed by atoms with Crippen LogP contribution in [0.1, 0.15) is 118 Å².